The summed E-state index contributed by atoms with van der Waals surface area (Å²) in [6.07, 6.45) is 0.897. The summed E-state index contributed by atoms with van der Waals surface area (Å²) in [6.45, 7) is 6.58. The van der Waals surface area contributed by atoms with Crippen molar-refractivity contribution in [3.05, 3.63) is 82.9 Å². The number of benzene rings is 2. The van der Waals surface area contributed by atoms with Crippen LogP contribution in [0.25, 0.3) is 5.70 Å². The van der Waals surface area contributed by atoms with Crippen LogP contribution in [0.1, 0.15) is 28.1 Å². The van der Waals surface area contributed by atoms with Crippen molar-refractivity contribution in [1.82, 2.24) is 14.7 Å². The van der Waals surface area contributed by atoms with Gasteiger partial charge in [-0.1, -0.05) is 18.7 Å². The Bertz CT molecular complexity index is 1160. The Labute approximate surface area is 181 Å². The molecule has 31 heavy (non-hydrogen) atoms. The van der Waals surface area contributed by atoms with Gasteiger partial charge in [0.1, 0.15) is 17.6 Å². The number of nitriles is 1. The van der Waals surface area contributed by atoms with Crippen molar-refractivity contribution in [2.24, 2.45) is 0 Å². The fourth-order valence-corrected chi connectivity index (χ4v) is 3.92. The molecule has 0 fully saturated rings. The summed E-state index contributed by atoms with van der Waals surface area (Å²) < 4.78 is 15.3. The van der Waals surface area contributed by atoms with Crippen LogP contribution in [0.2, 0.25) is 0 Å². The maximum atomic E-state index is 13.3. The lowest BCUT2D eigenvalue weighted by Gasteiger charge is -2.24. The van der Waals surface area contributed by atoms with E-state index < -0.39 is 0 Å². The van der Waals surface area contributed by atoms with Crippen LogP contribution < -0.4 is 10.6 Å². The van der Waals surface area contributed by atoms with Gasteiger partial charge in [-0.2, -0.15) is 10.4 Å². The quantitative estimate of drug-likeness (QED) is 0.634. The van der Waals surface area contributed by atoms with Gasteiger partial charge in [0.25, 0.3) is 0 Å². The monoisotopic (exact) mass is 416 g/mol. The van der Waals surface area contributed by atoms with Gasteiger partial charge in [-0.25, -0.2) is 4.39 Å². The molecule has 4 rings (SSSR count). The van der Waals surface area contributed by atoms with Gasteiger partial charge in [0.15, 0.2) is 0 Å². The minimum absolute atomic E-state index is 0.241. The van der Waals surface area contributed by atoms with Crippen LogP contribution in [0.15, 0.2) is 49.0 Å². The van der Waals surface area contributed by atoms with Crippen LogP contribution in [0.4, 0.5) is 15.8 Å². The smallest absolute Gasteiger partial charge is 0.123 e. The van der Waals surface area contributed by atoms with E-state index in [0.717, 1.165) is 47.7 Å². The van der Waals surface area contributed by atoms with Gasteiger partial charge in [-0.15, -0.1) is 0 Å². The Morgan fingerprint density at radius 1 is 1.26 bits per heavy atom. The zero-order chi connectivity index (χ0) is 22.0. The molecule has 7 heteroatoms. The summed E-state index contributed by atoms with van der Waals surface area (Å²) in [5, 5.41) is 20.5. The van der Waals surface area contributed by atoms with Crippen molar-refractivity contribution in [1.29, 1.82) is 5.26 Å². The third-order valence-electron chi connectivity index (χ3n) is 5.56. The number of nitrogens with zero attached hydrogens (tertiary/aromatic N) is 4. The molecule has 1 aliphatic heterocycles. The van der Waals surface area contributed by atoms with Gasteiger partial charge in [0.2, 0.25) is 0 Å². The van der Waals surface area contributed by atoms with E-state index in [2.05, 4.69) is 35.2 Å². The number of hydrogen-bond acceptors (Lipinski definition) is 5. The Hall–Kier alpha value is -3.63. The second kappa shape index (κ2) is 8.62. The third-order valence-corrected chi connectivity index (χ3v) is 5.56. The summed E-state index contributed by atoms with van der Waals surface area (Å²) in [4.78, 5) is 2.27. The number of likely N-dealkylation sites (N-methyl/N-ethyl adjacent to an activating group) is 1. The predicted molar refractivity (Wildman–Crippen MR) is 121 cm³/mol. The van der Waals surface area contributed by atoms with Crippen LogP contribution in [-0.2, 0) is 19.5 Å². The molecule has 0 radical (unpaired) electrons. The molecule has 0 spiro atoms. The van der Waals surface area contributed by atoms with Crippen LogP contribution in [-0.4, -0.2) is 35.3 Å². The molecule has 2 N–H and O–H groups in total. The number of halogens is 1. The zero-order valence-corrected chi connectivity index (χ0v) is 17.7. The number of anilines is 2. The molecule has 1 aliphatic rings. The number of aromatic nitrogens is 2. The van der Waals surface area contributed by atoms with Crippen molar-refractivity contribution in [2.75, 3.05) is 31.3 Å². The number of hydrogen-bond donors (Lipinski definition) is 2. The highest BCUT2D eigenvalue weighted by molar-refractivity contribution is 5.78. The van der Waals surface area contributed by atoms with E-state index in [1.807, 2.05) is 16.8 Å². The molecule has 1 aromatic heterocycles. The van der Waals surface area contributed by atoms with E-state index in [4.69, 9.17) is 5.10 Å². The fourth-order valence-electron chi connectivity index (χ4n) is 3.92. The summed E-state index contributed by atoms with van der Waals surface area (Å²) in [6, 6.07) is 14.2. The Kier molecular flexibility index (Phi) is 5.74. The molecule has 3 aromatic rings. The average Bonchev–Trinajstić information content (AvgIpc) is 3.12. The number of nitrogens with one attached hydrogen (secondary N) is 2. The highest BCUT2D eigenvalue weighted by Crippen LogP contribution is 2.29. The molecule has 2 heterocycles. The van der Waals surface area contributed by atoms with E-state index in [0.29, 0.717) is 17.8 Å². The lowest BCUT2D eigenvalue weighted by molar-refractivity contribution is 0.308. The maximum Gasteiger partial charge on any atom is 0.123 e. The molecule has 6 nitrogen and oxygen atoms in total. The van der Waals surface area contributed by atoms with Crippen LogP contribution in [0, 0.1) is 17.1 Å². The van der Waals surface area contributed by atoms with E-state index in [-0.39, 0.29) is 5.82 Å². The number of fused-ring (bicyclic) bond motifs is 1. The molecule has 0 unspecified atom stereocenters. The van der Waals surface area contributed by atoms with Crippen molar-refractivity contribution in [2.45, 2.75) is 19.5 Å². The van der Waals surface area contributed by atoms with Crippen LogP contribution in [0.3, 0.4) is 0 Å². The molecule has 0 atom stereocenters. The lowest BCUT2D eigenvalue weighted by Crippen LogP contribution is -2.28. The summed E-state index contributed by atoms with van der Waals surface area (Å²) in [7, 11) is 3.89. The third kappa shape index (κ3) is 4.30. The highest BCUT2D eigenvalue weighted by atomic mass is 19.1. The van der Waals surface area contributed by atoms with E-state index in [1.165, 1.54) is 17.8 Å². The molecular formula is C24H25FN6. The molecule has 0 bridgehead atoms. The van der Waals surface area contributed by atoms with Gasteiger partial charge in [-0.05, 0) is 42.9 Å². The molecule has 0 amide bonds. The SMILES string of the molecule is C=C(Nc1ccc(C#N)c(NC)c1)c1nn(Cc2ccc(F)cc2)c2c1CN(C)CC2. The van der Waals surface area contributed by atoms with Crippen molar-refractivity contribution >= 4 is 17.1 Å². The Morgan fingerprint density at radius 3 is 2.74 bits per heavy atom. The zero-order valence-electron chi connectivity index (χ0n) is 17.7. The second-order valence-corrected chi connectivity index (χ2v) is 7.77. The normalized spacial score (nSPS) is 13.4. The summed E-state index contributed by atoms with van der Waals surface area (Å²) >= 11 is 0. The predicted octanol–water partition coefficient (Wildman–Crippen LogP) is 4.05. The topological polar surface area (TPSA) is 68.9 Å². The van der Waals surface area contributed by atoms with Crippen LogP contribution >= 0.6 is 0 Å². The van der Waals surface area contributed by atoms with E-state index in [9.17, 15) is 9.65 Å². The molecular weight excluding hydrogens is 391 g/mol. The maximum absolute atomic E-state index is 13.3. The minimum atomic E-state index is -0.241. The van der Waals surface area contributed by atoms with E-state index >= 15 is 0 Å². The first kappa shape index (κ1) is 20.6. The Morgan fingerprint density at radius 2 is 2.03 bits per heavy atom. The first-order valence-corrected chi connectivity index (χ1v) is 10.2. The van der Waals surface area contributed by atoms with Crippen molar-refractivity contribution < 1.29 is 4.39 Å². The molecule has 158 valence electrons. The second-order valence-electron chi connectivity index (χ2n) is 7.77. The van der Waals surface area contributed by atoms with Gasteiger partial charge in [-0.3, -0.25) is 4.68 Å². The first-order chi connectivity index (χ1) is 15.0. The average molecular weight is 417 g/mol. The van der Waals surface area contributed by atoms with Gasteiger partial charge >= 0.3 is 0 Å². The summed E-state index contributed by atoms with van der Waals surface area (Å²) in [5.74, 6) is -0.241. The molecule has 0 aliphatic carbocycles. The standard InChI is InChI=1S/C24H25FN6/c1-16(28-20-9-6-18(13-26)22(12-20)27-2)24-21-15-30(3)11-10-23(21)31(29-24)14-17-4-7-19(25)8-5-17/h4-9,12,27-28H,1,10-11,14-15H2,2-3H3. The highest BCUT2D eigenvalue weighted by Gasteiger charge is 2.24. The molecule has 0 saturated heterocycles. The molecule has 2 aromatic carbocycles. The van der Waals surface area contributed by atoms with Gasteiger partial charge in [0, 0.05) is 43.5 Å². The number of rotatable bonds is 6. The molecule has 0 saturated carbocycles. The fraction of sp³-hybridized carbons (Fsp3) is 0.250. The Balaban J connectivity index is 1.64. The van der Waals surface area contributed by atoms with Gasteiger partial charge in [0.05, 0.1) is 23.5 Å². The van der Waals surface area contributed by atoms with Crippen molar-refractivity contribution in [3.63, 3.8) is 0 Å². The largest absolute Gasteiger partial charge is 0.387 e. The van der Waals surface area contributed by atoms with Gasteiger partial charge < -0.3 is 15.5 Å². The first-order valence-electron chi connectivity index (χ1n) is 10.2. The lowest BCUT2D eigenvalue weighted by atomic mass is 10.0. The summed E-state index contributed by atoms with van der Waals surface area (Å²) in [5.41, 5.74) is 7.06. The van der Waals surface area contributed by atoms with Crippen LogP contribution in [0.5, 0.6) is 0 Å². The minimum Gasteiger partial charge on any atom is -0.387 e. The van der Waals surface area contributed by atoms with Crippen molar-refractivity contribution in [3.8, 4) is 6.07 Å². The van der Waals surface area contributed by atoms with E-state index in [1.54, 1.807) is 25.2 Å².